The molecule has 1 amide bonds. The first-order valence-electron chi connectivity index (χ1n) is 9.23. The number of hydrazine groups is 1. The summed E-state index contributed by atoms with van der Waals surface area (Å²) < 4.78 is 32.4. The van der Waals surface area contributed by atoms with Crippen LogP contribution in [0.1, 0.15) is 19.3 Å². The zero-order valence-electron chi connectivity index (χ0n) is 15.8. The van der Waals surface area contributed by atoms with Crippen molar-refractivity contribution in [3.63, 3.8) is 0 Å². The highest BCUT2D eigenvalue weighted by Gasteiger charge is 2.31. The second-order valence-electron chi connectivity index (χ2n) is 6.79. The van der Waals surface area contributed by atoms with Gasteiger partial charge in [-0.2, -0.15) is 4.31 Å². The number of ether oxygens (including phenoxy) is 1. The smallest absolute Gasteiger partial charge is 0.243 e. The van der Waals surface area contributed by atoms with Gasteiger partial charge in [-0.3, -0.25) is 15.6 Å². The van der Waals surface area contributed by atoms with E-state index >= 15 is 0 Å². The van der Waals surface area contributed by atoms with Crippen molar-refractivity contribution in [2.45, 2.75) is 24.2 Å². The van der Waals surface area contributed by atoms with E-state index < -0.39 is 10.0 Å². The maximum Gasteiger partial charge on any atom is 0.243 e. The number of benzene rings is 2. The number of sulfonamides is 1. The lowest BCUT2D eigenvalue weighted by molar-refractivity contribution is -0.121. The van der Waals surface area contributed by atoms with Crippen LogP contribution in [0, 0.1) is 5.92 Å². The van der Waals surface area contributed by atoms with Crippen LogP contribution in [0.3, 0.4) is 0 Å². The first-order valence-corrected chi connectivity index (χ1v) is 10.7. The second kappa shape index (κ2) is 9.07. The molecule has 2 aromatic rings. The standard InChI is InChI=1S/C20H25N3O4S/c1-27-18-9-11-19(12-10-18)28(25,26)23-13-5-6-16(15-23)14-20(24)22-21-17-7-3-2-4-8-17/h2-4,7-12,16,21H,5-6,13-15H2,1H3,(H,22,24). The summed E-state index contributed by atoms with van der Waals surface area (Å²) in [7, 11) is -2.04. The van der Waals surface area contributed by atoms with E-state index in [1.807, 2.05) is 30.3 Å². The molecule has 0 saturated carbocycles. The molecule has 0 spiro atoms. The average molecular weight is 404 g/mol. The van der Waals surface area contributed by atoms with E-state index in [4.69, 9.17) is 4.74 Å². The Hall–Kier alpha value is -2.58. The molecule has 0 bridgehead atoms. The summed E-state index contributed by atoms with van der Waals surface area (Å²) in [5.41, 5.74) is 6.34. The van der Waals surface area contributed by atoms with E-state index in [1.165, 1.54) is 11.4 Å². The maximum atomic E-state index is 12.9. The number of anilines is 1. The molecule has 1 fully saturated rings. The number of amides is 1. The van der Waals surface area contributed by atoms with Gasteiger partial charge in [0.25, 0.3) is 0 Å². The number of para-hydroxylation sites is 1. The van der Waals surface area contributed by atoms with Crippen LogP contribution in [0.2, 0.25) is 0 Å². The van der Waals surface area contributed by atoms with Crippen LogP contribution in [0.25, 0.3) is 0 Å². The first kappa shape index (κ1) is 20.2. The average Bonchev–Trinajstić information content (AvgIpc) is 2.73. The van der Waals surface area contributed by atoms with Crippen molar-refractivity contribution in [1.82, 2.24) is 9.73 Å². The molecule has 8 heteroatoms. The fraction of sp³-hybridized carbons (Fsp3) is 0.350. The number of nitrogens with zero attached hydrogens (tertiary/aromatic N) is 1. The van der Waals surface area contributed by atoms with Crippen molar-refractivity contribution in [2.24, 2.45) is 5.92 Å². The van der Waals surface area contributed by atoms with Gasteiger partial charge in [-0.15, -0.1) is 0 Å². The topological polar surface area (TPSA) is 87.7 Å². The summed E-state index contributed by atoms with van der Waals surface area (Å²) in [5, 5.41) is 0. The van der Waals surface area contributed by atoms with Crippen LogP contribution in [-0.2, 0) is 14.8 Å². The molecule has 1 heterocycles. The molecular weight excluding hydrogens is 378 g/mol. The van der Waals surface area contributed by atoms with E-state index in [2.05, 4.69) is 10.9 Å². The van der Waals surface area contributed by atoms with Crippen LogP contribution in [0.15, 0.2) is 59.5 Å². The van der Waals surface area contributed by atoms with Gasteiger partial charge in [0.15, 0.2) is 0 Å². The molecule has 3 rings (SSSR count). The predicted octanol–water partition coefficient (Wildman–Crippen LogP) is 2.63. The third-order valence-electron chi connectivity index (χ3n) is 4.77. The third-order valence-corrected chi connectivity index (χ3v) is 6.65. The summed E-state index contributed by atoms with van der Waals surface area (Å²) in [6, 6.07) is 15.7. The molecule has 0 radical (unpaired) electrons. The van der Waals surface area contributed by atoms with Crippen molar-refractivity contribution in [3.05, 3.63) is 54.6 Å². The Labute approximate surface area is 165 Å². The second-order valence-corrected chi connectivity index (χ2v) is 8.73. The van der Waals surface area contributed by atoms with Crippen LogP contribution in [0.4, 0.5) is 5.69 Å². The van der Waals surface area contributed by atoms with Crippen molar-refractivity contribution < 1.29 is 17.9 Å². The van der Waals surface area contributed by atoms with Gasteiger partial charge < -0.3 is 4.74 Å². The molecule has 1 saturated heterocycles. The quantitative estimate of drug-likeness (QED) is 0.694. The van der Waals surface area contributed by atoms with Gasteiger partial charge in [0.05, 0.1) is 17.7 Å². The van der Waals surface area contributed by atoms with Crippen LogP contribution < -0.4 is 15.6 Å². The number of carbonyl (C=O) groups excluding carboxylic acids is 1. The Morgan fingerprint density at radius 1 is 1.14 bits per heavy atom. The molecular formula is C20H25N3O4S. The minimum atomic E-state index is -3.58. The van der Waals surface area contributed by atoms with E-state index in [-0.39, 0.29) is 23.1 Å². The van der Waals surface area contributed by atoms with Crippen LogP contribution in [-0.4, -0.2) is 38.8 Å². The van der Waals surface area contributed by atoms with Crippen molar-refractivity contribution >= 4 is 21.6 Å². The molecule has 28 heavy (non-hydrogen) atoms. The van der Waals surface area contributed by atoms with E-state index in [9.17, 15) is 13.2 Å². The van der Waals surface area contributed by atoms with Gasteiger partial charge >= 0.3 is 0 Å². The van der Waals surface area contributed by atoms with Gasteiger partial charge in [-0.1, -0.05) is 18.2 Å². The molecule has 150 valence electrons. The number of carbonyl (C=O) groups is 1. The molecule has 0 aliphatic carbocycles. The van der Waals surface area contributed by atoms with E-state index in [0.29, 0.717) is 18.8 Å². The van der Waals surface area contributed by atoms with Gasteiger partial charge in [0.2, 0.25) is 15.9 Å². The Balaban J connectivity index is 1.57. The number of hydrogen-bond acceptors (Lipinski definition) is 5. The minimum Gasteiger partial charge on any atom is -0.497 e. The highest BCUT2D eigenvalue weighted by molar-refractivity contribution is 7.89. The Kier molecular flexibility index (Phi) is 6.53. The van der Waals surface area contributed by atoms with Gasteiger partial charge in [0, 0.05) is 19.5 Å². The SMILES string of the molecule is COc1ccc(S(=O)(=O)N2CCCC(CC(=O)NNc3ccccc3)C2)cc1. The minimum absolute atomic E-state index is 0.0145. The summed E-state index contributed by atoms with van der Waals surface area (Å²) in [4.78, 5) is 12.5. The van der Waals surface area contributed by atoms with Gasteiger partial charge in [-0.25, -0.2) is 8.42 Å². The number of hydrogen-bond donors (Lipinski definition) is 2. The van der Waals surface area contributed by atoms with Gasteiger partial charge in [-0.05, 0) is 55.2 Å². The molecule has 1 unspecified atom stereocenters. The monoisotopic (exact) mass is 403 g/mol. The van der Waals surface area contributed by atoms with Crippen molar-refractivity contribution in [2.75, 3.05) is 25.6 Å². The molecule has 1 aliphatic heterocycles. The van der Waals surface area contributed by atoms with E-state index in [0.717, 1.165) is 18.5 Å². The lowest BCUT2D eigenvalue weighted by Crippen LogP contribution is -2.41. The summed E-state index contributed by atoms with van der Waals surface area (Å²) in [6.07, 6.45) is 1.83. The molecule has 1 atom stereocenters. The maximum absolute atomic E-state index is 12.9. The number of nitrogens with one attached hydrogen (secondary N) is 2. The van der Waals surface area contributed by atoms with Crippen molar-refractivity contribution in [1.29, 1.82) is 0 Å². The summed E-state index contributed by atoms with van der Waals surface area (Å²) >= 11 is 0. The van der Waals surface area contributed by atoms with Crippen LogP contribution in [0.5, 0.6) is 5.75 Å². The summed E-state index contributed by atoms with van der Waals surface area (Å²) in [5.74, 6) is 0.440. The lowest BCUT2D eigenvalue weighted by atomic mass is 9.96. The number of piperidine rings is 1. The zero-order valence-corrected chi connectivity index (χ0v) is 16.6. The Morgan fingerprint density at radius 2 is 1.86 bits per heavy atom. The fourth-order valence-electron chi connectivity index (χ4n) is 3.29. The Bertz CT molecular complexity index is 885. The highest BCUT2D eigenvalue weighted by Crippen LogP contribution is 2.26. The van der Waals surface area contributed by atoms with Crippen LogP contribution >= 0.6 is 0 Å². The summed E-state index contributed by atoms with van der Waals surface area (Å²) in [6.45, 7) is 0.807. The highest BCUT2D eigenvalue weighted by atomic mass is 32.2. The zero-order chi connectivity index (χ0) is 20.0. The van der Waals surface area contributed by atoms with Crippen molar-refractivity contribution in [3.8, 4) is 5.75 Å². The van der Waals surface area contributed by atoms with Gasteiger partial charge in [0.1, 0.15) is 5.75 Å². The fourth-order valence-corrected chi connectivity index (χ4v) is 4.84. The normalized spacial score (nSPS) is 17.7. The third kappa shape index (κ3) is 5.02. The number of rotatable bonds is 7. The molecule has 1 aliphatic rings. The lowest BCUT2D eigenvalue weighted by Gasteiger charge is -2.31. The Morgan fingerprint density at radius 3 is 2.54 bits per heavy atom. The largest absolute Gasteiger partial charge is 0.497 e. The predicted molar refractivity (Wildman–Crippen MR) is 107 cm³/mol. The molecule has 0 aromatic heterocycles. The first-order chi connectivity index (χ1) is 13.5. The van der Waals surface area contributed by atoms with E-state index in [1.54, 1.807) is 24.3 Å². The number of methoxy groups -OCH3 is 1. The molecule has 2 aromatic carbocycles. The molecule has 2 N–H and O–H groups in total. The molecule has 7 nitrogen and oxygen atoms in total.